The number of benzene rings is 1. The maximum Gasteiger partial charge on any atom is 0.404 e. The minimum Gasteiger partial charge on any atom is -0.449 e. The van der Waals surface area contributed by atoms with Crippen LogP contribution in [0.5, 0.6) is 0 Å². The molecule has 7 nitrogen and oxygen atoms in total. The SMILES string of the molecule is CCc1nc(CCOC(N)=O)n(C)c1Sc1cc(C#N)cc(C#N)c1. The fourth-order valence-electron chi connectivity index (χ4n) is 2.31. The molecule has 2 aromatic rings. The highest BCUT2D eigenvalue weighted by Crippen LogP contribution is 2.32. The summed E-state index contributed by atoms with van der Waals surface area (Å²) >= 11 is 1.45. The van der Waals surface area contributed by atoms with Crippen LogP contribution in [0.4, 0.5) is 4.79 Å². The highest BCUT2D eigenvalue weighted by molar-refractivity contribution is 7.99. The van der Waals surface area contributed by atoms with Gasteiger partial charge in [0.2, 0.25) is 0 Å². The molecule has 128 valence electrons. The number of imidazole rings is 1. The summed E-state index contributed by atoms with van der Waals surface area (Å²) < 4.78 is 6.70. The Bertz CT molecular complexity index is 844. The molecule has 0 aliphatic carbocycles. The zero-order valence-corrected chi connectivity index (χ0v) is 14.8. The first-order valence-corrected chi connectivity index (χ1v) is 8.40. The molecule has 0 saturated heterocycles. The van der Waals surface area contributed by atoms with E-state index in [-0.39, 0.29) is 6.61 Å². The molecule has 0 atom stereocenters. The number of hydrogen-bond donors (Lipinski definition) is 1. The Hall–Kier alpha value is -2.97. The highest BCUT2D eigenvalue weighted by Gasteiger charge is 2.16. The lowest BCUT2D eigenvalue weighted by Gasteiger charge is -2.08. The smallest absolute Gasteiger partial charge is 0.404 e. The third-order valence-electron chi connectivity index (χ3n) is 3.49. The zero-order chi connectivity index (χ0) is 18.4. The fraction of sp³-hybridized carbons (Fsp3) is 0.294. The van der Waals surface area contributed by atoms with Crippen LogP contribution >= 0.6 is 11.8 Å². The van der Waals surface area contributed by atoms with Gasteiger partial charge in [0, 0.05) is 18.4 Å². The van der Waals surface area contributed by atoms with Crippen LogP contribution < -0.4 is 5.73 Å². The Morgan fingerprint density at radius 3 is 2.48 bits per heavy atom. The molecule has 0 saturated carbocycles. The van der Waals surface area contributed by atoms with Crippen LogP contribution in [-0.4, -0.2) is 22.3 Å². The minimum atomic E-state index is -0.808. The van der Waals surface area contributed by atoms with Gasteiger partial charge in [0.1, 0.15) is 17.5 Å². The molecular formula is C17H17N5O2S. The van der Waals surface area contributed by atoms with E-state index in [0.717, 1.165) is 27.9 Å². The average molecular weight is 355 g/mol. The van der Waals surface area contributed by atoms with Crippen molar-refractivity contribution in [1.29, 1.82) is 10.5 Å². The molecule has 0 unspecified atom stereocenters. The van der Waals surface area contributed by atoms with Crippen molar-refractivity contribution in [3.05, 3.63) is 40.8 Å². The summed E-state index contributed by atoms with van der Waals surface area (Å²) in [5.41, 5.74) is 6.76. The standard InChI is InChI=1S/C17H17N5O2S/c1-3-14-16(22(2)15(21-14)4-5-24-17(20)23)25-13-7-11(9-18)6-12(8-13)10-19/h6-8H,3-5H2,1-2H3,(H2,20,23). The molecule has 0 aliphatic heterocycles. The second kappa shape index (κ2) is 8.22. The van der Waals surface area contributed by atoms with E-state index < -0.39 is 6.09 Å². The Morgan fingerprint density at radius 1 is 1.32 bits per heavy atom. The van der Waals surface area contributed by atoms with Crippen LogP contribution in [0.25, 0.3) is 0 Å². The molecular weight excluding hydrogens is 338 g/mol. The van der Waals surface area contributed by atoms with Crippen molar-refractivity contribution in [2.45, 2.75) is 29.7 Å². The normalized spacial score (nSPS) is 10.1. The van der Waals surface area contributed by atoms with E-state index in [2.05, 4.69) is 17.1 Å². The van der Waals surface area contributed by atoms with E-state index in [1.165, 1.54) is 11.8 Å². The van der Waals surface area contributed by atoms with Gasteiger partial charge in [-0.2, -0.15) is 10.5 Å². The topological polar surface area (TPSA) is 118 Å². The van der Waals surface area contributed by atoms with Crippen molar-refractivity contribution in [2.75, 3.05) is 6.61 Å². The van der Waals surface area contributed by atoms with Crippen LogP contribution in [0.1, 0.15) is 29.6 Å². The van der Waals surface area contributed by atoms with Gasteiger partial charge in [0.05, 0.1) is 29.0 Å². The third-order valence-corrected chi connectivity index (χ3v) is 4.66. The zero-order valence-electron chi connectivity index (χ0n) is 13.9. The highest BCUT2D eigenvalue weighted by atomic mass is 32.2. The molecule has 1 aromatic carbocycles. The number of carbonyl (C=O) groups is 1. The largest absolute Gasteiger partial charge is 0.449 e. The number of nitrogens with zero attached hydrogens (tertiary/aromatic N) is 4. The summed E-state index contributed by atoms with van der Waals surface area (Å²) in [6, 6.07) is 9.18. The Morgan fingerprint density at radius 2 is 1.96 bits per heavy atom. The summed E-state index contributed by atoms with van der Waals surface area (Å²) in [6.07, 6.45) is 0.377. The molecule has 0 radical (unpaired) electrons. The number of amides is 1. The molecule has 25 heavy (non-hydrogen) atoms. The molecule has 8 heteroatoms. The van der Waals surface area contributed by atoms with Gasteiger partial charge in [0.25, 0.3) is 0 Å². The summed E-state index contributed by atoms with van der Waals surface area (Å²) in [5, 5.41) is 19.1. The van der Waals surface area contributed by atoms with Gasteiger partial charge in [-0.1, -0.05) is 18.7 Å². The number of nitrogens with two attached hydrogens (primary N) is 1. The second-order valence-corrected chi connectivity index (χ2v) is 6.24. The van der Waals surface area contributed by atoms with Gasteiger partial charge in [-0.25, -0.2) is 9.78 Å². The van der Waals surface area contributed by atoms with E-state index in [1.807, 2.05) is 18.5 Å². The van der Waals surface area contributed by atoms with E-state index in [1.54, 1.807) is 18.2 Å². The first-order valence-electron chi connectivity index (χ1n) is 7.58. The molecule has 1 aromatic heterocycles. The van der Waals surface area contributed by atoms with Crippen LogP contribution in [0.3, 0.4) is 0 Å². The molecule has 0 bridgehead atoms. The average Bonchev–Trinajstić information content (AvgIpc) is 2.90. The van der Waals surface area contributed by atoms with Gasteiger partial charge in [-0.3, -0.25) is 0 Å². The molecule has 0 spiro atoms. The Labute approximate surface area is 150 Å². The molecule has 1 amide bonds. The molecule has 2 N–H and O–H groups in total. The molecule has 2 rings (SSSR count). The molecule has 0 fully saturated rings. The van der Waals surface area contributed by atoms with Gasteiger partial charge >= 0.3 is 6.09 Å². The molecule has 0 aliphatic rings. The van der Waals surface area contributed by atoms with Crippen molar-refractivity contribution < 1.29 is 9.53 Å². The van der Waals surface area contributed by atoms with E-state index in [9.17, 15) is 4.79 Å². The first kappa shape index (κ1) is 18.4. The number of aryl methyl sites for hydroxylation is 1. The van der Waals surface area contributed by atoms with Gasteiger partial charge in [0.15, 0.2) is 0 Å². The predicted molar refractivity (Wildman–Crippen MR) is 91.8 cm³/mol. The number of aromatic nitrogens is 2. The van der Waals surface area contributed by atoms with E-state index in [0.29, 0.717) is 17.5 Å². The van der Waals surface area contributed by atoms with Gasteiger partial charge in [-0.05, 0) is 24.6 Å². The van der Waals surface area contributed by atoms with Crippen LogP contribution in [0.2, 0.25) is 0 Å². The van der Waals surface area contributed by atoms with Crippen molar-refractivity contribution in [2.24, 2.45) is 12.8 Å². The van der Waals surface area contributed by atoms with Crippen LogP contribution in [0.15, 0.2) is 28.1 Å². The number of nitriles is 2. The quantitative estimate of drug-likeness (QED) is 0.850. The lowest BCUT2D eigenvalue weighted by Crippen LogP contribution is -2.15. The lowest BCUT2D eigenvalue weighted by atomic mass is 10.1. The maximum absolute atomic E-state index is 10.7. The number of hydrogen-bond acceptors (Lipinski definition) is 6. The summed E-state index contributed by atoms with van der Waals surface area (Å²) in [6.45, 7) is 2.17. The summed E-state index contributed by atoms with van der Waals surface area (Å²) in [5.74, 6) is 0.776. The van der Waals surface area contributed by atoms with Crippen molar-refractivity contribution >= 4 is 17.9 Å². The summed E-state index contributed by atoms with van der Waals surface area (Å²) in [4.78, 5) is 16.1. The maximum atomic E-state index is 10.7. The number of rotatable bonds is 6. The number of ether oxygens (including phenoxy) is 1. The van der Waals surface area contributed by atoms with Gasteiger partial charge < -0.3 is 15.0 Å². The van der Waals surface area contributed by atoms with Gasteiger partial charge in [-0.15, -0.1) is 0 Å². The Balaban J connectivity index is 2.30. The number of primary amides is 1. The minimum absolute atomic E-state index is 0.163. The van der Waals surface area contributed by atoms with Crippen molar-refractivity contribution in [3.63, 3.8) is 0 Å². The Kier molecular flexibility index (Phi) is 6.04. The lowest BCUT2D eigenvalue weighted by molar-refractivity contribution is 0.157. The molecule has 1 heterocycles. The third kappa shape index (κ3) is 4.52. The van der Waals surface area contributed by atoms with E-state index in [4.69, 9.17) is 21.0 Å². The van der Waals surface area contributed by atoms with Crippen LogP contribution in [-0.2, 0) is 24.6 Å². The van der Waals surface area contributed by atoms with Crippen LogP contribution in [0, 0.1) is 22.7 Å². The predicted octanol–water partition coefficient (Wildman–Crippen LogP) is 2.51. The summed E-state index contributed by atoms with van der Waals surface area (Å²) in [7, 11) is 1.88. The second-order valence-electron chi connectivity index (χ2n) is 5.18. The number of carbonyl (C=O) groups excluding carboxylic acids is 1. The van der Waals surface area contributed by atoms with Crippen molar-refractivity contribution in [1.82, 2.24) is 9.55 Å². The monoisotopic (exact) mass is 355 g/mol. The van der Waals surface area contributed by atoms with E-state index >= 15 is 0 Å². The fourth-order valence-corrected chi connectivity index (χ4v) is 3.46. The van der Waals surface area contributed by atoms with Crippen molar-refractivity contribution in [3.8, 4) is 12.1 Å². The first-order chi connectivity index (χ1) is 12.0.